The van der Waals surface area contributed by atoms with E-state index < -0.39 is 0 Å². The number of rotatable bonds is 18. The minimum absolute atomic E-state index is 0.00662. The molecule has 0 atom stereocenters. The molecule has 0 spiro atoms. The first-order chi connectivity index (χ1) is 16.7. The summed E-state index contributed by atoms with van der Waals surface area (Å²) in [4.78, 5) is 15.0. The lowest BCUT2D eigenvalue weighted by atomic mass is 10.0. The van der Waals surface area contributed by atoms with Crippen LogP contribution in [-0.2, 0) is 6.54 Å². The predicted molar refractivity (Wildman–Crippen MR) is 147 cm³/mol. The predicted octanol–water partition coefficient (Wildman–Crippen LogP) is 9.51. The van der Waals surface area contributed by atoms with E-state index in [0.717, 1.165) is 24.2 Å². The maximum absolute atomic E-state index is 13.0. The summed E-state index contributed by atoms with van der Waals surface area (Å²) in [6.07, 6.45) is 18.9. The first-order valence-electron chi connectivity index (χ1n) is 13.9. The minimum atomic E-state index is -0.00662. The molecule has 188 valence electrons. The Kier molecular flexibility index (Phi) is 14.9. The van der Waals surface area contributed by atoms with Crippen LogP contribution in [0.2, 0.25) is 0 Å². The fraction of sp³-hybridized carbons (Fsp3) is 0.581. The van der Waals surface area contributed by atoms with Gasteiger partial charge in [0.25, 0.3) is 0 Å². The van der Waals surface area contributed by atoms with E-state index in [0.29, 0.717) is 6.54 Å². The standard InChI is InChI=1S/C31H48N2O/c1-3-4-5-6-7-8-9-10-11-12-13-14-15-21-26-33(27-29-23-17-16-18-24-29)31(34)32-30-25-20-19-22-28(30)2/h16-20,22-25H,3-15,21,26-27H2,1-2H3,(H,32,34). The van der Waals surface area contributed by atoms with E-state index in [2.05, 4.69) is 24.4 Å². The van der Waals surface area contributed by atoms with Crippen molar-refractivity contribution in [2.45, 2.75) is 110 Å². The van der Waals surface area contributed by atoms with Gasteiger partial charge >= 0.3 is 6.03 Å². The quantitative estimate of drug-likeness (QED) is 0.219. The molecule has 0 aliphatic heterocycles. The summed E-state index contributed by atoms with van der Waals surface area (Å²) in [6, 6.07) is 18.3. The number of urea groups is 1. The lowest BCUT2D eigenvalue weighted by molar-refractivity contribution is 0.207. The summed E-state index contributed by atoms with van der Waals surface area (Å²) < 4.78 is 0. The molecule has 0 saturated heterocycles. The molecule has 0 fully saturated rings. The van der Waals surface area contributed by atoms with Crippen molar-refractivity contribution in [1.29, 1.82) is 0 Å². The van der Waals surface area contributed by atoms with E-state index in [1.54, 1.807) is 0 Å². The first-order valence-corrected chi connectivity index (χ1v) is 13.9. The number of carbonyl (C=O) groups excluding carboxylic acids is 1. The number of hydrogen-bond donors (Lipinski definition) is 1. The Bertz CT molecular complexity index is 774. The molecule has 0 heterocycles. The Labute approximate surface area is 209 Å². The van der Waals surface area contributed by atoms with Crippen LogP contribution in [0.25, 0.3) is 0 Å². The maximum atomic E-state index is 13.0. The van der Waals surface area contributed by atoms with Crippen molar-refractivity contribution in [3.05, 3.63) is 65.7 Å². The van der Waals surface area contributed by atoms with E-state index in [1.807, 2.05) is 54.3 Å². The van der Waals surface area contributed by atoms with Crippen LogP contribution in [0.3, 0.4) is 0 Å². The number of unbranched alkanes of at least 4 members (excludes halogenated alkanes) is 13. The molecule has 0 radical (unpaired) electrons. The van der Waals surface area contributed by atoms with Gasteiger partial charge in [0, 0.05) is 18.8 Å². The van der Waals surface area contributed by atoms with Crippen molar-refractivity contribution in [3.8, 4) is 0 Å². The number of anilines is 1. The van der Waals surface area contributed by atoms with Gasteiger partial charge in [0.1, 0.15) is 0 Å². The van der Waals surface area contributed by atoms with Crippen LogP contribution in [0.4, 0.5) is 10.5 Å². The average molecular weight is 465 g/mol. The lowest BCUT2D eigenvalue weighted by Gasteiger charge is -2.24. The molecule has 3 nitrogen and oxygen atoms in total. The second kappa shape index (κ2) is 18.1. The molecule has 2 rings (SSSR count). The third-order valence-corrected chi connectivity index (χ3v) is 6.67. The molecule has 0 bridgehead atoms. The zero-order chi connectivity index (χ0) is 24.3. The van der Waals surface area contributed by atoms with Crippen LogP contribution in [0, 0.1) is 6.92 Å². The van der Waals surface area contributed by atoms with Crippen LogP contribution in [0.15, 0.2) is 54.6 Å². The molecule has 2 aromatic rings. The number of nitrogens with zero attached hydrogens (tertiary/aromatic N) is 1. The van der Waals surface area contributed by atoms with Crippen LogP contribution >= 0.6 is 0 Å². The van der Waals surface area contributed by atoms with Gasteiger partial charge in [-0.15, -0.1) is 0 Å². The number of benzene rings is 2. The summed E-state index contributed by atoms with van der Waals surface area (Å²) in [5.41, 5.74) is 3.16. The number of amides is 2. The van der Waals surface area contributed by atoms with Crippen molar-refractivity contribution in [3.63, 3.8) is 0 Å². The summed E-state index contributed by atoms with van der Waals surface area (Å²) >= 11 is 0. The SMILES string of the molecule is CCCCCCCCCCCCCCCCN(Cc1ccccc1)C(=O)Nc1ccccc1C. The zero-order valence-electron chi connectivity index (χ0n) is 21.9. The van der Waals surface area contributed by atoms with Gasteiger partial charge in [-0.2, -0.15) is 0 Å². The van der Waals surface area contributed by atoms with Gasteiger partial charge in [-0.05, 0) is 30.5 Å². The van der Waals surface area contributed by atoms with Gasteiger partial charge in [0.05, 0.1) is 0 Å². The van der Waals surface area contributed by atoms with E-state index >= 15 is 0 Å². The topological polar surface area (TPSA) is 32.3 Å². The average Bonchev–Trinajstić information content (AvgIpc) is 2.85. The highest BCUT2D eigenvalue weighted by atomic mass is 16.2. The van der Waals surface area contributed by atoms with Crippen molar-refractivity contribution in [1.82, 2.24) is 4.90 Å². The van der Waals surface area contributed by atoms with Crippen LogP contribution in [0.5, 0.6) is 0 Å². The molecule has 0 aromatic heterocycles. The van der Waals surface area contributed by atoms with Gasteiger partial charge in [-0.25, -0.2) is 4.79 Å². The summed E-state index contributed by atoms with van der Waals surface area (Å²) in [6.45, 7) is 5.76. The number of para-hydroxylation sites is 1. The Morgan fingerprint density at radius 2 is 1.18 bits per heavy atom. The van der Waals surface area contributed by atoms with Gasteiger partial charge in [0.2, 0.25) is 0 Å². The molecule has 1 N–H and O–H groups in total. The molecule has 0 saturated carbocycles. The van der Waals surface area contributed by atoms with Gasteiger partial charge in [-0.3, -0.25) is 0 Å². The van der Waals surface area contributed by atoms with E-state index in [9.17, 15) is 4.79 Å². The third-order valence-electron chi connectivity index (χ3n) is 6.67. The molecule has 34 heavy (non-hydrogen) atoms. The monoisotopic (exact) mass is 464 g/mol. The highest BCUT2D eigenvalue weighted by molar-refractivity contribution is 5.90. The molecule has 0 aliphatic rings. The van der Waals surface area contributed by atoms with Crippen molar-refractivity contribution in [2.75, 3.05) is 11.9 Å². The smallest absolute Gasteiger partial charge is 0.320 e. The highest BCUT2D eigenvalue weighted by Gasteiger charge is 2.14. The molecular formula is C31H48N2O. The third kappa shape index (κ3) is 12.3. The molecule has 0 aliphatic carbocycles. The van der Waals surface area contributed by atoms with Crippen LogP contribution in [0.1, 0.15) is 108 Å². The first kappa shape index (κ1) is 28.0. The summed E-state index contributed by atoms with van der Waals surface area (Å²) in [5, 5.41) is 3.12. The normalized spacial score (nSPS) is 10.9. The van der Waals surface area contributed by atoms with Crippen molar-refractivity contribution in [2.24, 2.45) is 0 Å². The largest absolute Gasteiger partial charge is 0.322 e. The number of aryl methyl sites for hydroxylation is 1. The number of hydrogen-bond acceptors (Lipinski definition) is 1. The van der Waals surface area contributed by atoms with E-state index in [4.69, 9.17) is 0 Å². The van der Waals surface area contributed by atoms with Crippen LogP contribution < -0.4 is 5.32 Å². The second-order valence-electron chi connectivity index (χ2n) is 9.75. The summed E-state index contributed by atoms with van der Waals surface area (Å²) in [5.74, 6) is 0. The van der Waals surface area contributed by atoms with Crippen LogP contribution in [-0.4, -0.2) is 17.5 Å². The number of carbonyl (C=O) groups is 1. The second-order valence-corrected chi connectivity index (χ2v) is 9.75. The minimum Gasteiger partial charge on any atom is -0.320 e. The lowest BCUT2D eigenvalue weighted by Crippen LogP contribution is -2.35. The van der Waals surface area contributed by atoms with E-state index in [1.165, 1.54) is 89.0 Å². The molecule has 2 aromatic carbocycles. The van der Waals surface area contributed by atoms with Crippen molar-refractivity contribution < 1.29 is 4.79 Å². The van der Waals surface area contributed by atoms with Gasteiger partial charge in [-0.1, -0.05) is 139 Å². The molecule has 3 heteroatoms. The molecule has 2 amide bonds. The molecular weight excluding hydrogens is 416 g/mol. The fourth-order valence-corrected chi connectivity index (χ4v) is 4.46. The Hall–Kier alpha value is -2.29. The Morgan fingerprint density at radius 1 is 0.676 bits per heavy atom. The highest BCUT2D eigenvalue weighted by Crippen LogP contribution is 2.17. The van der Waals surface area contributed by atoms with Crippen molar-refractivity contribution >= 4 is 11.7 Å². The zero-order valence-corrected chi connectivity index (χ0v) is 21.9. The van der Waals surface area contributed by atoms with Gasteiger partial charge in [0.15, 0.2) is 0 Å². The number of nitrogens with one attached hydrogen (secondary N) is 1. The maximum Gasteiger partial charge on any atom is 0.322 e. The summed E-state index contributed by atoms with van der Waals surface area (Å²) in [7, 11) is 0. The Balaban J connectivity index is 1.63. The Morgan fingerprint density at radius 3 is 1.74 bits per heavy atom. The fourth-order valence-electron chi connectivity index (χ4n) is 4.46. The van der Waals surface area contributed by atoms with E-state index in [-0.39, 0.29) is 6.03 Å². The molecule has 0 unspecified atom stereocenters. The van der Waals surface area contributed by atoms with Gasteiger partial charge < -0.3 is 10.2 Å².